The molecule has 1 aromatic rings. The van der Waals surface area contributed by atoms with Crippen LogP contribution in [0.4, 0.5) is 10.1 Å². The Hall–Kier alpha value is -1.09. The van der Waals surface area contributed by atoms with Crippen LogP contribution in [0.1, 0.15) is 32.6 Å². The summed E-state index contributed by atoms with van der Waals surface area (Å²) in [6, 6.07) is 6.89. The van der Waals surface area contributed by atoms with Crippen LogP contribution in [0.15, 0.2) is 24.3 Å². The highest BCUT2D eigenvalue weighted by Gasteiger charge is 2.34. The maximum Gasteiger partial charge on any atom is 0.123 e. The maximum atomic E-state index is 13.0. The highest BCUT2D eigenvalue weighted by molar-refractivity contribution is 5.46. The summed E-state index contributed by atoms with van der Waals surface area (Å²) in [5.74, 6) is -0.161. The molecule has 0 unspecified atom stereocenters. The molecule has 0 saturated heterocycles. The lowest BCUT2D eigenvalue weighted by atomic mass is 9.85. The Kier molecular flexibility index (Phi) is 4.81. The number of rotatable bonds is 6. The third-order valence-electron chi connectivity index (χ3n) is 4.32. The molecule has 1 aliphatic carbocycles. The van der Waals surface area contributed by atoms with Gasteiger partial charge in [-0.2, -0.15) is 0 Å². The zero-order valence-electron chi connectivity index (χ0n) is 12.1. The molecule has 1 aromatic carbocycles. The second-order valence-electron chi connectivity index (χ2n) is 5.73. The fourth-order valence-corrected chi connectivity index (χ4v) is 3.33. The zero-order valence-corrected chi connectivity index (χ0v) is 12.1. The third-order valence-corrected chi connectivity index (χ3v) is 4.32. The van der Waals surface area contributed by atoms with Crippen molar-refractivity contribution in [3.05, 3.63) is 30.1 Å². The van der Waals surface area contributed by atoms with Crippen molar-refractivity contribution in [2.24, 2.45) is 5.41 Å². The first kappa shape index (κ1) is 14.3. The Morgan fingerprint density at radius 2 is 1.84 bits per heavy atom. The highest BCUT2D eigenvalue weighted by atomic mass is 19.1. The number of anilines is 1. The van der Waals surface area contributed by atoms with Crippen molar-refractivity contribution in [2.45, 2.75) is 32.6 Å². The van der Waals surface area contributed by atoms with Gasteiger partial charge in [0.25, 0.3) is 0 Å². The first-order chi connectivity index (χ1) is 9.19. The molecule has 2 nitrogen and oxygen atoms in total. The molecule has 0 amide bonds. The molecule has 106 valence electrons. The molecule has 0 radical (unpaired) electrons. The lowest BCUT2D eigenvalue weighted by molar-refractivity contribution is 0.292. The number of hydrogen-bond acceptors (Lipinski definition) is 2. The Morgan fingerprint density at radius 1 is 1.21 bits per heavy atom. The van der Waals surface area contributed by atoms with Crippen LogP contribution in [0.3, 0.4) is 0 Å². The van der Waals surface area contributed by atoms with Gasteiger partial charge < -0.3 is 10.2 Å². The van der Waals surface area contributed by atoms with Gasteiger partial charge in [-0.05, 0) is 51.1 Å². The fourth-order valence-electron chi connectivity index (χ4n) is 3.33. The standard InChI is InChI=1S/C16H25FN2/c1-3-19(15-8-6-14(17)7-9-15)13-16(12-18-2)10-4-5-11-16/h6-9,18H,3-5,10-13H2,1-2H3. The molecule has 0 aromatic heterocycles. The SMILES string of the molecule is CCN(CC1(CNC)CCCC1)c1ccc(F)cc1. The molecule has 1 N–H and O–H groups in total. The van der Waals surface area contributed by atoms with Crippen LogP contribution in [0, 0.1) is 11.2 Å². The Balaban J connectivity index is 2.11. The van der Waals surface area contributed by atoms with Gasteiger partial charge in [0.05, 0.1) is 0 Å². The van der Waals surface area contributed by atoms with E-state index in [1.54, 1.807) is 12.1 Å². The number of nitrogens with zero attached hydrogens (tertiary/aromatic N) is 1. The predicted octanol–water partition coefficient (Wildman–Crippen LogP) is 3.43. The smallest absolute Gasteiger partial charge is 0.123 e. The van der Waals surface area contributed by atoms with Gasteiger partial charge in [-0.1, -0.05) is 12.8 Å². The van der Waals surface area contributed by atoms with Crippen molar-refractivity contribution in [1.29, 1.82) is 0 Å². The zero-order chi connectivity index (χ0) is 13.7. The molecule has 0 atom stereocenters. The second-order valence-corrected chi connectivity index (χ2v) is 5.73. The van der Waals surface area contributed by atoms with Crippen molar-refractivity contribution < 1.29 is 4.39 Å². The summed E-state index contributed by atoms with van der Waals surface area (Å²) in [4.78, 5) is 2.38. The summed E-state index contributed by atoms with van der Waals surface area (Å²) in [6.07, 6.45) is 5.27. The Morgan fingerprint density at radius 3 is 2.37 bits per heavy atom. The molecular formula is C16H25FN2. The average Bonchev–Trinajstić information content (AvgIpc) is 2.86. The molecule has 0 spiro atoms. The van der Waals surface area contributed by atoms with Gasteiger partial charge in [0.1, 0.15) is 5.82 Å². The molecule has 1 saturated carbocycles. The monoisotopic (exact) mass is 264 g/mol. The summed E-state index contributed by atoms with van der Waals surface area (Å²) in [6.45, 7) is 5.28. The van der Waals surface area contributed by atoms with Gasteiger partial charge in [0.2, 0.25) is 0 Å². The van der Waals surface area contributed by atoms with E-state index in [1.807, 2.05) is 19.2 Å². The predicted molar refractivity (Wildman–Crippen MR) is 79.1 cm³/mol. The molecule has 1 fully saturated rings. The van der Waals surface area contributed by atoms with Crippen molar-refractivity contribution in [2.75, 3.05) is 31.6 Å². The van der Waals surface area contributed by atoms with Gasteiger partial charge in [-0.25, -0.2) is 4.39 Å². The molecule has 1 aliphatic rings. The van der Waals surface area contributed by atoms with Crippen LogP contribution in [-0.4, -0.2) is 26.7 Å². The normalized spacial score (nSPS) is 17.6. The number of nitrogens with one attached hydrogen (secondary N) is 1. The molecule has 3 heteroatoms. The molecule has 19 heavy (non-hydrogen) atoms. The van der Waals surface area contributed by atoms with E-state index in [4.69, 9.17) is 0 Å². The largest absolute Gasteiger partial charge is 0.371 e. The average molecular weight is 264 g/mol. The quantitative estimate of drug-likeness (QED) is 0.847. The van der Waals surface area contributed by atoms with Gasteiger partial charge in [-0.15, -0.1) is 0 Å². The lowest BCUT2D eigenvalue weighted by Gasteiger charge is -2.36. The Bertz CT molecular complexity index is 382. The molecular weight excluding hydrogens is 239 g/mol. The van der Waals surface area contributed by atoms with Gasteiger partial charge in [0, 0.05) is 30.7 Å². The van der Waals surface area contributed by atoms with Crippen LogP contribution < -0.4 is 10.2 Å². The van der Waals surface area contributed by atoms with E-state index in [0.717, 1.165) is 25.3 Å². The first-order valence-electron chi connectivity index (χ1n) is 7.34. The summed E-state index contributed by atoms with van der Waals surface area (Å²) < 4.78 is 13.0. The molecule has 0 bridgehead atoms. The van der Waals surface area contributed by atoms with Gasteiger partial charge >= 0.3 is 0 Å². The lowest BCUT2D eigenvalue weighted by Crippen LogP contribution is -2.42. The second kappa shape index (κ2) is 6.38. The maximum absolute atomic E-state index is 13.0. The number of halogens is 1. The van der Waals surface area contributed by atoms with Crippen molar-refractivity contribution in [3.8, 4) is 0 Å². The molecule has 0 heterocycles. The van der Waals surface area contributed by atoms with E-state index in [9.17, 15) is 4.39 Å². The van der Waals surface area contributed by atoms with Crippen molar-refractivity contribution >= 4 is 5.69 Å². The van der Waals surface area contributed by atoms with E-state index in [2.05, 4.69) is 17.1 Å². The Labute approximate surface area is 116 Å². The summed E-state index contributed by atoms with van der Waals surface area (Å²) in [5.41, 5.74) is 1.52. The van der Waals surface area contributed by atoms with E-state index in [-0.39, 0.29) is 5.82 Å². The first-order valence-corrected chi connectivity index (χ1v) is 7.34. The minimum Gasteiger partial charge on any atom is -0.371 e. The van der Waals surface area contributed by atoms with E-state index in [0.29, 0.717) is 5.41 Å². The van der Waals surface area contributed by atoms with Crippen LogP contribution in [0.5, 0.6) is 0 Å². The summed E-state index contributed by atoms with van der Waals surface area (Å²) >= 11 is 0. The topological polar surface area (TPSA) is 15.3 Å². The van der Waals surface area contributed by atoms with Gasteiger partial charge in [0.15, 0.2) is 0 Å². The summed E-state index contributed by atoms with van der Waals surface area (Å²) in [7, 11) is 2.04. The van der Waals surface area contributed by atoms with E-state index < -0.39 is 0 Å². The van der Waals surface area contributed by atoms with E-state index >= 15 is 0 Å². The number of hydrogen-bond donors (Lipinski definition) is 1. The van der Waals surface area contributed by atoms with Gasteiger partial charge in [-0.3, -0.25) is 0 Å². The van der Waals surface area contributed by atoms with Crippen LogP contribution in [0.25, 0.3) is 0 Å². The molecule has 2 rings (SSSR count). The highest BCUT2D eigenvalue weighted by Crippen LogP contribution is 2.39. The molecule has 0 aliphatic heterocycles. The third kappa shape index (κ3) is 3.47. The van der Waals surface area contributed by atoms with Crippen molar-refractivity contribution in [3.63, 3.8) is 0 Å². The minimum absolute atomic E-state index is 0.161. The van der Waals surface area contributed by atoms with Crippen LogP contribution in [0.2, 0.25) is 0 Å². The minimum atomic E-state index is -0.161. The van der Waals surface area contributed by atoms with E-state index in [1.165, 1.54) is 25.7 Å². The fraction of sp³-hybridized carbons (Fsp3) is 0.625. The summed E-state index contributed by atoms with van der Waals surface area (Å²) in [5, 5.41) is 3.35. The van der Waals surface area contributed by atoms with Crippen molar-refractivity contribution in [1.82, 2.24) is 5.32 Å². The number of benzene rings is 1. The van der Waals surface area contributed by atoms with Crippen LogP contribution >= 0.6 is 0 Å². The van der Waals surface area contributed by atoms with Crippen LogP contribution in [-0.2, 0) is 0 Å².